The fourth-order valence-corrected chi connectivity index (χ4v) is 4.49. The van der Waals surface area contributed by atoms with E-state index in [-0.39, 0.29) is 12.1 Å². The van der Waals surface area contributed by atoms with E-state index in [1.165, 1.54) is 16.7 Å². The zero-order valence-electron chi connectivity index (χ0n) is 22.2. The average Bonchev–Trinajstić information content (AvgIpc) is 2.90. The first-order chi connectivity index (χ1) is 18.0. The summed E-state index contributed by atoms with van der Waals surface area (Å²) < 4.78 is 11.0. The van der Waals surface area contributed by atoms with Crippen molar-refractivity contribution < 1.29 is 14.3 Å². The number of nitrogens with zero attached hydrogens (tertiary/aromatic N) is 3. The van der Waals surface area contributed by atoms with E-state index < -0.39 is 0 Å². The first-order valence-corrected chi connectivity index (χ1v) is 13.2. The van der Waals surface area contributed by atoms with Crippen molar-refractivity contribution in [1.82, 2.24) is 15.2 Å². The van der Waals surface area contributed by atoms with Crippen LogP contribution >= 0.6 is 0 Å². The molecule has 0 bridgehead atoms. The van der Waals surface area contributed by atoms with Crippen LogP contribution in [0.2, 0.25) is 0 Å². The Morgan fingerprint density at radius 3 is 2.41 bits per heavy atom. The van der Waals surface area contributed by atoms with Gasteiger partial charge in [-0.3, -0.25) is 4.90 Å². The summed E-state index contributed by atoms with van der Waals surface area (Å²) in [6.45, 7) is 12.4. The molecule has 0 aliphatic carbocycles. The molecule has 1 fully saturated rings. The van der Waals surface area contributed by atoms with E-state index in [1.807, 2.05) is 32.9 Å². The van der Waals surface area contributed by atoms with E-state index in [1.54, 1.807) is 18.3 Å². The van der Waals surface area contributed by atoms with Crippen LogP contribution in [0.1, 0.15) is 47.8 Å². The summed E-state index contributed by atoms with van der Waals surface area (Å²) in [5.74, 6) is 1.32. The third-order valence-corrected chi connectivity index (χ3v) is 6.32. The van der Waals surface area contributed by atoms with Crippen molar-refractivity contribution in [3.8, 4) is 5.75 Å². The first-order valence-electron chi connectivity index (χ1n) is 13.2. The SMILES string of the molecule is CCOc1cccc(CNCc2ccc(CN3CCN(c4ncccc4C(=O)OC(C)C)CC3)cc2)c1. The lowest BCUT2D eigenvalue weighted by Gasteiger charge is -2.36. The number of pyridine rings is 1. The van der Waals surface area contributed by atoms with Gasteiger partial charge in [0.1, 0.15) is 17.1 Å². The number of hydrogen-bond donors (Lipinski definition) is 1. The summed E-state index contributed by atoms with van der Waals surface area (Å²) in [5.41, 5.74) is 4.33. The topological polar surface area (TPSA) is 66.9 Å². The lowest BCUT2D eigenvalue weighted by atomic mass is 10.1. The molecule has 1 aliphatic heterocycles. The molecule has 1 aromatic heterocycles. The average molecular weight is 503 g/mol. The minimum absolute atomic E-state index is 0.155. The third kappa shape index (κ3) is 7.78. The Balaban J connectivity index is 1.24. The second kappa shape index (κ2) is 13.2. The second-order valence-electron chi connectivity index (χ2n) is 9.59. The minimum atomic E-state index is -0.311. The maximum absolute atomic E-state index is 12.5. The fraction of sp³-hybridized carbons (Fsp3) is 0.400. The van der Waals surface area contributed by atoms with Gasteiger partial charge in [-0.1, -0.05) is 36.4 Å². The molecule has 2 heterocycles. The van der Waals surface area contributed by atoms with Crippen molar-refractivity contribution in [1.29, 1.82) is 0 Å². The predicted octanol–water partition coefficient (Wildman–Crippen LogP) is 4.66. The van der Waals surface area contributed by atoms with Crippen LogP contribution in [0.15, 0.2) is 66.9 Å². The molecular weight excluding hydrogens is 464 g/mol. The highest BCUT2D eigenvalue weighted by atomic mass is 16.5. The molecule has 0 amide bonds. The molecule has 0 saturated carbocycles. The van der Waals surface area contributed by atoms with Crippen molar-refractivity contribution in [3.05, 3.63) is 89.1 Å². The van der Waals surface area contributed by atoms with Gasteiger partial charge < -0.3 is 19.7 Å². The Bertz CT molecular complexity index is 1140. The van der Waals surface area contributed by atoms with E-state index in [9.17, 15) is 4.79 Å². The van der Waals surface area contributed by atoms with Crippen molar-refractivity contribution in [2.75, 3.05) is 37.7 Å². The van der Waals surface area contributed by atoms with Crippen LogP contribution in [0.5, 0.6) is 5.75 Å². The Morgan fingerprint density at radius 1 is 0.946 bits per heavy atom. The predicted molar refractivity (Wildman–Crippen MR) is 147 cm³/mol. The number of carbonyl (C=O) groups is 1. The van der Waals surface area contributed by atoms with E-state index >= 15 is 0 Å². The molecule has 37 heavy (non-hydrogen) atoms. The molecule has 4 rings (SSSR count). The zero-order valence-corrected chi connectivity index (χ0v) is 22.2. The van der Waals surface area contributed by atoms with Gasteiger partial charge >= 0.3 is 5.97 Å². The van der Waals surface area contributed by atoms with E-state index in [0.29, 0.717) is 18.0 Å². The van der Waals surface area contributed by atoms with Gasteiger partial charge in [0.2, 0.25) is 0 Å². The summed E-state index contributed by atoms with van der Waals surface area (Å²) in [7, 11) is 0. The number of carbonyl (C=O) groups excluding carboxylic acids is 1. The molecule has 196 valence electrons. The molecule has 0 radical (unpaired) electrons. The van der Waals surface area contributed by atoms with Crippen LogP contribution < -0.4 is 15.0 Å². The summed E-state index contributed by atoms with van der Waals surface area (Å²) in [4.78, 5) is 21.7. The normalized spacial score (nSPS) is 14.1. The number of anilines is 1. The van der Waals surface area contributed by atoms with Crippen LogP contribution in [0.3, 0.4) is 0 Å². The molecular formula is C30H38N4O3. The van der Waals surface area contributed by atoms with Gasteiger partial charge in [-0.05, 0) is 61.7 Å². The second-order valence-corrected chi connectivity index (χ2v) is 9.59. The molecule has 7 heteroatoms. The largest absolute Gasteiger partial charge is 0.494 e. The van der Waals surface area contributed by atoms with Crippen LogP contribution in [0.4, 0.5) is 5.82 Å². The van der Waals surface area contributed by atoms with Gasteiger partial charge in [-0.25, -0.2) is 9.78 Å². The van der Waals surface area contributed by atoms with Gasteiger partial charge in [0.25, 0.3) is 0 Å². The van der Waals surface area contributed by atoms with Crippen molar-refractivity contribution in [2.45, 2.75) is 46.5 Å². The highest BCUT2D eigenvalue weighted by Gasteiger charge is 2.23. The number of hydrogen-bond acceptors (Lipinski definition) is 7. The summed E-state index contributed by atoms with van der Waals surface area (Å²) >= 11 is 0. The van der Waals surface area contributed by atoms with Gasteiger partial charge in [0.05, 0.1) is 12.7 Å². The smallest absolute Gasteiger partial charge is 0.342 e. The van der Waals surface area contributed by atoms with Crippen LogP contribution in [-0.4, -0.2) is 54.7 Å². The monoisotopic (exact) mass is 502 g/mol. The van der Waals surface area contributed by atoms with Gasteiger partial charge in [0.15, 0.2) is 0 Å². The van der Waals surface area contributed by atoms with E-state index in [4.69, 9.17) is 9.47 Å². The molecule has 1 N–H and O–H groups in total. The van der Waals surface area contributed by atoms with Crippen molar-refractivity contribution in [2.24, 2.45) is 0 Å². The molecule has 0 spiro atoms. The highest BCUT2D eigenvalue weighted by Crippen LogP contribution is 2.21. The molecule has 0 unspecified atom stereocenters. The number of esters is 1. The Hall–Kier alpha value is -3.42. The van der Waals surface area contributed by atoms with Gasteiger partial charge in [-0.15, -0.1) is 0 Å². The molecule has 1 aliphatic rings. The van der Waals surface area contributed by atoms with E-state index in [2.05, 4.69) is 56.5 Å². The lowest BCUT2D eigenvalue weighted by Crippen LogP contribution is -2.46. The molecule has 1 saturated heterocycles. The zero-order chi connectivity index (χ0) is 26.0. The Labute approximate surface area is 220 Å². The minimum Gasteiger partial charge on any atom is -0.494 e. The fourth-order valence-electron chi connectivity index (χ4n) is 4.49. The summed E-state index contributed by atoms with van der Waals surface area (Å²) in [6.07, 6.45) is 1.58. The number of nitrogens with one attached hydrogen (secondary N) is 1. The molecule has 0 atom stereocenters. The number of ether oxygens (including phenoxy) is 2. The van der Waals surface area contributed by atoms with Crippen LogP contribution in [0.25, 0.3) is 0 Å². The highest BCUT2D eigenvalue weighted by molar-refractivity contribution is 5.94. The van der Waals surface area contributed by atoms with Crippen molar-refractivity contribution in [3.63, 3.8) is 0 Å². The number of rotatable bonds is 11. The summed E-state index contributed by atoms with van der Waals surface area (Å²) in [5, 5.41) is 3.52. The number of aromatic nitrogens is 1. The first kappa shape index (κ1) is 26.6. The maximum Gasteiger partial charge on any atom is 0.342 e. The quantitative estimate of drug-likeness (QED) is 0.383. The van der Waals surface area contributed by atoms with Crippen LogP contribution in [-0.2, 0) is 24.4 Å². The lowest BCUT2D eigenvalue weighted by molar-refractivity contribution is 0.0378. The van der Waals surface area contributed by atoms with Gasteiger partial charge in [0, 0.05) is 52.0 Å². The maximum atomic E-state index is 12.5. The Morgan fingerprint density at radius 2 is 1.68 bits per heavy atom. The third-order valence-electron chi connectivity index (χ3n) is 6.32. The number of piperazine rings is 1. The molecule has 2 aromatic carbocycles. The standard InChI is InChI=1S/C30H38N4O3/c1-4-36-27-8-5-7-26(19-27)21-31-20-24-10-12-25(13-11-24)22-33-15-17-34(18-16-33)29-28(9-6-14-32-29)30(35)37-23(2)3/h5-14,19,23,31H,4,15-18,20-22H2,1-3H3. The summed E-state index contributed by atoms with van der Waals surface area (Å²) in [6, 6.07) is 20.7. The number of benzene rings is 2. The Kier molecular flexibility index (Phi) is 9.52. The molecule has 7 nitrogen and oxygen atoms in total. The van der Waals surface area contributed by atoms with E-state index in [0.717, 1.165) is 51.6 Å². The molecule has 3 aromatic rings. The van der Waals surface area contributed by atoms with Crippen LogP contribution in [0, 0.1) is 0 Å². The van der Waals surface area contributed by atoms with Gasteiger partial charge in [-0.2, -0.15) is 0 Å². The van der Waals surface area contributed by atoms with Crippen molar-refractivity contribution >= 4 is 11.8 Å².